The van der Waals surface area contributed by atoms with Crippen LogP contribution in [0.5, 0.6) is 11.5 Å². The van der Waals surface area contributed by atoms with Gasteiger partial charge in [-0.05, 0) is 36.7 Å². The van der Waals surface area contributed by atoms with E-state index in [-0.39, 0.29) is 6.79 Å². The molecule has 0 amide bonds. The van der Waals surface area contributed by atoms with Gasteiger partial charge in [-0.2, -0.15) is 0 Å². The summed E-state index contributed by atoms with van der Waals surface area (Å²) in [5.74, 6) is 0.537. The van der Waals surface area contributed by atoms with E-state index in [9.17, 15) is 9.90 Å². The molecule has 5 heteroatoms. The van der Waals surface area contributed by atoms with Crippen LogP contribution in [0.15, 0.2) is 12.1 Å². The molecule has 1 N–H and O–H groups in total. The molecule has 90 valence electrons. The van der Waals surface area contributed by atoms with Crippen LogP contribution >= 0.6 is 0 Å². The van der Waals surface area contributed by atoms with Crippen LogP contribution in [0.3, 0.4) is 0 Å². The Bertz CT molecular complexity index is 486. The van der Waals surface area contributed by atoms with Crippen molar-refractivity contribution in [1.82, 2.24) is 4.90 Å². The van der Waals surface area contributed by atoms with E-state index in [0.717, 1.165) is 29.8 Å². The van der Waals surface area contributed by atoms with E-state index in [1.807, 2.05) is 18.0 Å². The zero-order valence-electron chi connectivity index (χ0n) is 9.47. The molecular formula is C12H13NO4. The number of carbonyl (C=O) groups is 1. The molecule has 2 aliphatic heterocycles. The first-order chi connectivity index (χ1) is 8.16. The van der Waals surface area contributed by atoms with Crippen LogP contribution in [-0.4, -0.2) is 36.4 Å². The lowest BCUT2D eigenvalue weighted by molar-refractivity contribution is -0.143. The average Bonchev–Trinajstić information content (AvgIpc) is 2.72. The minimum atomic E-state index is -0.827. The second kappa shape index (κ2) is 3.63. The van der Waals surface area contributed by atoms with E-state index in [4.69, 9.17) is 9.47 Å². The van der Waals surface area contributed by atoms with E-state index in [1.54, 1.807) is 6.07 Å². The number of rotatable bonds is 1. The normalized spacial score (nSPS) is 22.3. The summed E-state index contributed by atoms with van der Waals surface area (Å²) in [6.07, 6.45) is 0.840. The molecule has 1 aromatic carbocycles. The summed E-state index contributed by atoms with van der Waals surface area (Å²) in [6.45, 7) is 0.954. The standard InChI is InChI=1S/C12H13NO4/c1-13-3-2-7-4-9-10(17-6-16-9)5-8(7)11(13)12(14)15/h4-5,11H,2-3,6H2,1H3,(H,14,15). The highest BCUT2D eigenvalue weighted by Crippen LogP contribution is 2.39. The molecule has 0 saturated carbocycles. The number of likely N-dealkylation sites (N-methyl/N-ethyl adjacent to an activating group) is 1. The fraction of sp³-hybridized carbons (Fsp3) is 0.417. The number of benzene rings is 1. The number of nitrogens with zero attached hydrogens (tertiary/aromatic N) is 1. The third-order valence-corrected chi connectivity index (χ3v) is 3.34. The zero-order valence-corrected chi connectivity index (χ0v) is 9.47. The lowest BCUT2D eigenvalue weighted by Crippen LogP contribution is -2.36. The van der Waals surface area contributed by atoms with Crippen molar-refractivity contribution in [3.8, 4) is 11.5 Å². The molecule has 0 bridgehead atoms. The van der Waals surface area contributed by atoms with E-state index in [0.29, 0.717) is 5.75 Å². The Morgan fingerprint density at radius 3 is 2.82 bits per heavy atom. The Hall–Kier alpha value is -1.75. The van der Waals surface area contributed by atoms with Crippen molar-refractivity contribution >= 4 is 5.97 Å². The van der Waals surface area contributed by atoms with Crippen LogP contribution in [0.25, 0.3) is 0 Å². The Kier molecular flexibility index (Phi) is 2.22. The first-order valence-electron chi connectivity index (χ1n) is 5.52. The van der Waals surface area contributed by atoms with Gasteiger partial charge in [0.15, 0.2) is 11.5 Å². The van der Waals surface area contributed by atoms with Gasteiger partial charge in [-0.3, -0.25) is 9.69 Å². The smallest absolute Gasteiger partial charge is 0.325 e. The second-order valence-electron chi connectivity index (χ2n) is 4.38. The Balaban J connectivity index is 2.11. The molecule has 1 unspecified atom stereocenters. The van der Waals surface area contributed by atoms with Crippen LogP contribution in [0, 0.1) is 0 Å². The highest BCUT2D eigenvalue weighted by Gasteiger charge is 2.32. The molecular weight excluding hydrogens is 222 g/mol. The highest BCUT2D eigenvalue weighted by molar-refractivity contribution is 5.77. The average molecular weight is 235 g/mol. The summed E-state index contributed by atoms with van der Waals surface area (Å²) < 4.78 is 10.6. The summed E-state index contributed by atoms with van der Waals surface area (Å²) >= 11 is 0. The molecule has 17 heavy (non-hydrogen) atoms. The maximum Gasteiger partial charge on any atom is 0.325 e. The molecule has 0 aliphatic carbocycles. The van der Waals surface area contributed by atoms with Gasteiger partial charge < -0.3 is 14.6 Å². The zero-order chi connectivity index (χ0) is 12.0. The van der Waals surface area contributed by atoms with Gasteiger partial charge in [-0.25, -0.2) is 0 Å². The second-order valence-corrected chi connectivity index (χ2v) is 4.38. The maximum atomic E-state index is 11.3. The van der Waals surface area contributed by atoms with Crippen molar-refractivity contribution in [2.45, 2.75) is 12.5 Å². The Labute approximate surface area is 98.6 Å². The van der Waals surface area contributed by atoms with E-state index in [2.05, 4.69) is 0 Å². The predicted molar refractivity (Wildman–Crippen MR) is 59.3 cm³/mol. The lowest BCUT2D eigenvalue weighted by atomic mass is 9.92. The van der Waals surface area contributed by atoms with Gasteiger partial charge in [0.05, 0.1) is 0 Å². The quantitative estimate of drug-likeness (QED) is 0.787. The topological polar surface area (TPSA) is 59.0 Å². The predicted octanol–water partition coefficient (Wildman–Crippen LogP) is 1.03. The molecule has 0 fully saturated rings. The lowest BCUT2D eigenvalue weighted by Gasteiger charge is -2.31. The number of hydrogen-bond acceptors (Lipinski definition) is 4. The molecule has 1 aromatic rings. The SMILES string of the molecule is CN1CCc2cc3c(cc2C1C(=O)O)OCO3. The van der Waals surface area contributed by atoms with E-state index < -0.39 is 12.0 Å². The highest BCUT2D eigenvalue weighted by atomic mass is 16.7. The first-order valence-corrected chi connectivity index (χ1v) is 5.52. The van der Waals surface area contributed by atoms with Crippen molar-refractivity contribution in [3.05, 3.63) is 23.3 Å². The Morgan fingerprint density at radius 1 is 1.41 bits per heavy atom. The molecule has 0 spiro atoms. The van der Waals surface area contributed by atoms with Crippen LogP contribution in [0.4, 0.5) is 0 Å². The van der Waals surface area contributed by atoms with Gasteiger partial charge in [0.2, 0.25) is 6.79 Å². The molecule has 3 rings (SSSR count). The summed E-state index contributed by atoms with van der Waals surface area (Å²) in [7, 11) is 1.83. The van der Waals surface area contributed by atoms with Crippen LogP contribution in [-0.2, 0) is 11.2 Å². The van der Waals surface area contributed by atoms with Crippen molar-refractivity contribution in [1.29, 1.82) is 0 Å². The number of carboxylic acid groups (broad SMARTS) is 1. The van der Waals surface area contributed by atoms with Gasteiger partial charge in [0, 0.05) is 6.54 Å². The number of fused-ring (bicyclic) bond motifs is 2. The van der Waals surface area contributed by atoms with E-state index in [1.165, 1.54) is 0 Å². The maximum absolute atomic E-state index is 11.3. The molecule has 2 aliphatic rings. The van der Waals surface area contributed by atoms with Gasteiger partial charge in [-0.1, -0.05) is 0 Å². The summed E-state index contributed by atoms with van der Waals surface area (Å²) in [5.41, 5.74) is 1.86. The molecule has 0 radical (unpaired) electrons. The number of carboxylic acids is 1. The first kappa shape index (κ1) is 10.4. The summed E-state index contributed by atoms with van der Waals surface area (Å²) in [5, 5.41) is 9.29. The van der Waals surface area contributed by atoms with Crippen LogP contribution < -0.4 is 9.47 Å². The Morgan fingerprint density at radius 2 is 2.12 bits per heavy atom. The van der Waals surface area contributed by atoms with Crippen molar-refractivity contribution < 1.29 is 19.4 Å². The minimum Gasteiger partial charge on any atom is -0.480 e. The number of hydrogen-bond donors (Lipinski definition) is 1. The van der Waals surface area contributed by atoms with Gasteiger partial charge >= 0.3 is 5.97 Å². The fourth-order valence-electron chi connectivity index (χ4n) is 2.46. The van der Waals surface area contributed by atoms with Crippen LogP contribution in [0.2, 0.25) is 0 Å². The van der Waals surface area contributed by atoms with Crippen molar-refractivity contribution in [2.24, 2.45) is 0 Å². The van der Waals surface area contributed by atoms with E-state index >= 15 is 0 Å². The molecule has 0 saturated heterocycles. The largest absolute Gasteiger partial charge is 0.480 e. The molecule has 1 atom stereocenters. The number of aliphatic carboxylic acids is 1. The fourth-order valence-corrected chi connectivity index (χ4v) is 2.46. The molecule has 0 aromatic heterocycles. The van der Waals surface area contributed by atoms with Crippen molar-refractivity contribution in [3.63, 3.8) is 0 Å². The molecule has 2 heterocycles. The van der Waals surface area contributed by atoms with Gasteiger partial charge in [0.25, 0.3) is 0 Å². The molecule has 5 nitrogen and oxygen atoms in total. The third kappa shape index (κ3) is 1.54. The third-order valence-electron chi connectivity index (χ3n) is 3.34. The minimum absolute atomic E-state index is 0.214. The number of ether oxygens (including phenoxy) is 2. The van der Waals surface area contributed by atoms with Gasteiger partial charge in [0.1, 0.15) is 6.04 Å². The van der Waals surface area contributed by atoms with Crippen molar-refractivity contribution in [2.75, 3.05) is 20.4 Å². The summed E-state index contributed by atoms with van der Waals surface area (Å²) in [6, 6.07) is 3.11. The summed E-state index contributed by atoms with van der Waals surface area (Å²) in [4.78, 5) is 13.2. The monoisotopic (exact) mass is 235 g/mol. The van der Waals surface area contributed by atoms with Gasteiger partial charge in [-0.15, -0.1) is 0 Å². The van der Waals surface area contributed by atoms with Crippen LogP contribution in [0.1, 0.15) is 17.2 Å².